The van der Waals surface area contributed by atoms with Crippen LogP contribution in [-0.4, -0.2) is 75.0 Å². The number of hydrogen-bond acceptors (Lipinski definition) is 6. The average molecular weight is 572 g/mol. The van der Waals surface area contributed by atoms with Gasteiger partial charge in [0, 0.05) is 57.6 Å². The Kier molecular flexibility index (Phi) is 9.33. The maximum absolute atomic E-state index is 12.8. The Hall–Kier alpha value is -2.53. The number of carbonyl (C=O) groups excluding carboxylic acids is 2. The molecule has 1 aliphatic rings. The molecule has 3 rings (SSSR count). The number of rotatable bonds is 7. The van der Waals surface area contributed by atoms with E-state index in [9.17, 15) is 18.0 Å². The van der Waals surface area contributed by atoms with Crippen molar-refractivity contribution in [3.63, 3.8) is 0 Å². The summed E-state index contributed by atoms with van der Waals surface area (Å²) in [4.78, 5) is 28.5. The van der Waals surface area contributed by atoms with Gasteiger partial charge in [0.25, 0.3) is 0 Å². The van der Waals surface area contributed by atoms with Crippen LogP contribution >= 0.6 is 23.2 Å². The van der Waals surface area contributed by atoms with E-state index >= 15 is 0 Å². The number of nitrogens with zero attached hydrogens (tertiary/aromatic N) is 3. The van der Waals surface area contributed by atoms with Gasteiger partial charge in [-0.3, -0.25) is 4.79 Å². The molecule has 202 valence electrons. The van der Waals surface area contributed by atoms with Crippen LogP contribution in [0.15, 0.2) is 47.4 Å². The second kappa shape index (κ2) is 11.9. The molecular formula is C25H32Cl2N4O5S. The molecule has 0 atom stereocenters. The van der Waals surface area contributed by atoms with Gasteiger partial charge in [-0.25, -0.2) is 17.5 Å². The Bertz CT molecular complexity index is 1220. The molecule has 0 unspecified atom stereocenters. The van der Waals surface area contributed by atoms with Crippen molar-refractivity contribution in [2.75, 3.05) is 50.0 Å². The molecule has 9 nitrogen and oxygen atoms in total. The van der Waals surface area contributed by atoms with Gasteiger partial charge in [0.1, 0.15) is 10.5 Å². The van der Waals surface area contributed by atoms with E-state index in [4.69, 9.17) is 27.9 Å². The number of amides is 2. The molecule has 0 radical (unpaired) electrons. The second-order valence-corrected chi connectivity index (χ2v) is 12.5. The fraction of sp³-hybridized carbons (Fsp3) is 0.440. The molecule has 2 aromatic carbocycles. The molecule has 1 fully saturated rings. The summed E-state index contributed by atoms with van der Waals surface area (Å²) in [6.07, 6.45) is -0.346. The monoisotopic (exact) mass is 570 g/mol. The highest BCUT2D eigenvalue weighted by atomic mass is 35.5. The largest absolute Gasteiger partial charge is 0.444 e. The topological polar surface area (TPSA) is 99.3 Å². The minimum Gasteiger partial charge on any atom is -0.444 e. The van der Waals surface area contributed by atoms with Crippen molar-refractivity contribution < 1.29 is 22.7 Å². The highest BCUT2D eigenvalue weighted by Gasteiger charge is 2.27. The summed E-state index contributed by atoms with van der Waals surface area (Å²) in [7, 11) is -2.51. The van der Waals surface area contributed by atoms with E-state index in [0.717, 1.165) is 9.99 Å². The number of ether oxygens (including phenoxy) is 1. The lowest BCUT2D eigenvalue weighted by atomic mass is 10.2. The standard InChI is InChI=1S/C25H32Cl2N4O5S/c1-25(2,3)36-24(33)31-16-14-30(15-17-31)19-10-8-18(9-11-19)28-22(32)12-13-29(4)37(34,35)21-7-5-6-20(26)23(21)27/h5-11H,12-17H2,1-4H3,(H,28,32). The first kappa shape index (κ1) is 29.0. The average Bonchev–Trinajstić information content (AvgIpc) is 2.83. The van der Waals surface area contributed by atoms with E-state index in [2.05, 4.69) is 10.2 Å². The maximum atomic E-state index is 12.8. The lowest BCUT2D eigenvalue weighted by Gasteiger charge is -2.36. The molecular weight excluding hydrogens is 539 g/mol. The number of halogens is 2. The maximum Gasteiger partial charge on any atom is 0.410 e. The van der Waals surface area contributed by atoms with Gasteiger partial charge in [0.15, 0.2) is 0 Å². The van der Waals surface area contributed by atoms with Crippen LogP contribution in [0.1, 0.15) is 27.2 Å². The minimum absolute atomic E-state index is 0.0307. The van der Waals surface area contributed by atoms with Crippen molar-refractivity contribution in [2.45, 2.75) is 37.7 Å². The first-order chi connectivity index (χ1) is 17.3. The second-order valence-electron chi connectivity index (χ2n) is 9.68. The highest BCUT2D eigenvalue weighted by molar-refractivity contribution is 7.89. The molecule has 12 heteroatoms. The van der Waals surface area contributed by atoms with Crippen LogP contribution in [0.3, 0.4) is 0 Å². The predicted molar refractivity (Wildman–Crippen MR) is 146 cm³/mol. The van der Waals surface area contributed by atoms with Crippen LogP contribution < -0.4 is 10.2 Å². The molecule has 1 aliphatic heterocycles. The van der Waals surface area contributed by atoms with Crippen LogP contribution in [0.2, 0.25) is 10.0 Å². The Morgan fingerprint density at radius 2 is 1.65 bits per heavy atom. The third kappa shape index (κ3) is 7.73. The molecule has 0 spiro atoms. The van der Waals surface area contributed by atoms with Gasteiger partial charge in [0.2, 0.25) is 15.9 Å². The SMILES string of the molecule is CN(CCC(=O)Nc1ccc(N2CCN(C(=O)OC(C)(C)C)CC2)cc1)S(=O)(=O)c1cccc(Cl)c1Cl. The van der Waals surface area contributed by atoms with Gasteiger partial charge in [-0.1, -0.05) is 29.3 Å². The van der Waals surface area contributed by atoms with Crippen molar-refractivity contribution >= 4 is 56.6 Å². The quantitative estimate of drug-likeness (QED) is 0.518. The van der Waals surface area contributed by atoms with Gasteiger partial charge in [0.05, 0.1) is 10.0 Å². The number of sulfonamides is 1. The van der Waals surface area contributed by atoms with Crippen molar-refractivity contribution in [1.82, 2.24) is 9.21 Å². The van der Waals surface area contributed by atoms with E-state index in [1.54, 1.807) is 17.0 Å². The number of benzene rings is 2. The summed E-state index contributed by atoms with van der Waals surface area (Å²) in [6, 6.07) is 11.8. The lowest BCUT2D eigenvalue weighted by molar-refractivity contribution is -0.116. The predicted octanol–water partition coefficient (Wildman–Crippen LogP) is 4.70. The zero-order valence-corrected chi connectivity index (χ0v) is 23.7. The highest BCUT2D eigenvalue weighted by Crippen LogP contribution is 2.30. The molecule has 37 heavy (non-hydrogen) atoms. The van der Waals surface area contributed by atoms with Crippen molar-refractivity contribution in [1.29, 1.82) is 0 Å². The van der Waals surface area contributed by atoms with Crippen LogP contribution in [0, 0.1) is 0 Å². The third-order valence-corrected chi connectivity index (χ3v) is 8.54. The molecule has 1 N–H and O–H groups in total. The zero-order valence-electron chi connectivity index (χ0n) is 21.3. The summed E-state index contributed by atoms with van der Waals surface area (Å²) in [5.74, 6) is -0.321. The number of hydrogen-bond donors (Lipinski definition) is 1. The van der Waals surface area contributed by atoms with Crippen molar-refractivity contribution in [3.8, 4) is 0 Å². The van der Waals surface area contributed by atoms with Crippen molar-refractivity contribution in [3.05, 3.63) is 52.5 Å². The Balaban J connectivity index is 1.49. The first-order valence-corrected chi connectivity index (χ1v) is 14.0. The number of nitrogens with one attached hydrogen (secondary N) is 1. The Labute approximate surface area is 228 Å². The van der Waals surface area contributed by atoms with Crippen LogP contribution in [0.5, 0.6) is 0 Å². The Morgan fingerprint density at radius 3 is 2.24 bits per heavy atom. The number of anilines is 2. The van der Waals surface area contributed by atoms with Gasteiger partial charge in [-0.05, 0) is 57.2 Å². The summed E-state index contributed by atoms with van der Waals surface area (Å²) in [6.45, 7) is 7.96. The van der Waals surface area contributed by atoms with E-state index in [-0.39, 0.29) is 39.9 Å². The normalized spacial score (nSPS) is 14.6. The number of carbonyl (C=O) groups is 2. The molecule has 1 saturated heterocycles. The molecule has 0 saturated carbocycles. The van der Waals surface area contributed by atoms with Gasteiger partial charge in [-0.2, -0.15) is 0 Å². The zero-order chi connectivity index (χ0) is 27.4. The summed E-state index contributed by atoms with van der Waals surface area (Å²) in [5, 5.41) is 2.88. The van der Waals surface area contributed by atoms with E-state index in [1.807, 2.05) is 32.9 Å². The van der Waals surface area contributed by atoms with Crippen LogP contribution in [0.25, 0.3) is 0 Å². The molecule has 1 heterocycles. The number of piperazine rings is 1. The fourth-order valence-corrected chi connectivity index (χ4v) is 5.59. The smallest absolute Gasteiger partial charge is 0.410 e. The lowest BCUT2D eigenvalue weighted by Crippen LogP contribution is -2.50. The third-order valence-electron chi connectivity index (χ3n) is 5.71. The minimum atomic E-state index is -3.90. The van der Waals surface area contributed by atoms with E-state index in [1.165, 1.54) is 25.2 Å². The van der Waals surface area contributed by atoms with Crippen LogP contribution in [0.4, 0.5) is 16.2 Å². The molecule has 0 aromatic heterocycles. The van der Waals surface area contributed by atoms with E-state index in [0.29, 0.717) is 31.9 Å². The van der Waals surface area contributed by atoms with Crippen molar-refractivity contribution in [2.24, 2.45) is 0 Å². The summed E-state index contributed by atoms with van der Waals surface area (Å²) >= 11 is 12.0. The Morgan fingerprint density at radius 1 is 1.03 bits per heavy atom. The first-order valence-electron chi connectivity index (χ1n) is 11.8. The summed E-state index contributed by atoms with van der Waals surface area (Å²) in [5.41, 5.74) is 1.05. The molecule has 2 amide bonds. The van der Waals surface area contributed by atoms with Gasteiger partial charge < -0.3 is 19.9 Å². The molecule has 0 bridgehead atoms. The van der Waals surface area contributed by atoms with E-state index < -0.39 is 15.6 Å². The van der Waals surface area contributed by atoms with Gasteiger partial charge >= 0.3 is 6.09 Å². The fourth-order valence-electron chi connectivity index (χ4n) is 3.68. The summed E-state index contributed by atoms with van der Waals surface area (Å²) < 4.78 is 32.1. The molecule has 0 aliphatic carbocycles. The van der Waals surface area contributed by atoms with Gasteiger partial charge in [-0.15, -0.1) is 0 Å². The molecule has 2 aromatic rings. The van der Waals surface area contributed by atoms with Crippen LogP contribution in [-0.2, 0) is 19.6 Å².